The van der Waals surface area contributed by atoms with Crippen LogP contribution < -0.4 is 0 Å². The Morgan fingerprint density at radius 3 is 2.50 bits per heavy atom. The molecule has 1 aromatic rings. The summed E-state index contributed by atoms with van der Waals surface area (Å²) in [5.74, 6) is -0.634. The molecule has 1 saturated heterocycles. The van der Waals surface area contributed by atoms with Crippen LogP contribution in [0.2, 0.25) is 0 Å². The summed E-state index contributed by atoms with van der Waals surface area (Å²) >= 11 is 0. The van der Waals surface area contributed by atoms with E-state index < -0.39 is 11.4 Å². The Morgan fingerprint density at radius 2 is 1.95 bits per heavy atom. The number of likely N-dealkylation sites (tertiary alicyclic amines) is 1. The lowest BCUT2D eigenvalue weighted by Crippen LogP contribution is -2.47. The number of aliphatic carboxylic acids is 1. The van der Waals surface area contributed by atoms with E-state index in [1.54, 1.807) is 0 Å². The molecule has 1 aliphatic heterocycles. The maximum absolute atomic E-state index is 11.6. The van der Waals surface area contributed by atoms with Crippen LogP contribution in [0.15, 0.2) is 18.2 Å². The summed E-state index contributed by atoms with van der Waals surface area (Å²) in [6, 6.07) is 6.58. The second kappa shape index (κ2) is 5.96. The minimum atomic E-state index is -0.634. The second-order valence-corrected chi connectivity index (χ2v) is 6.25. The van der Waals surface area contributed by atoms with Crippen molar-refractivity contribution < 1.29 is 9.90 Å². The Balaban J connectivity index is 2.11. The van der Waals surface area contributed by atoms with Crippen molar-refractivity contribution in [2.45, 2.75) is 46.6 Å². The molecule has 0 saturated carbocycles. The zero-order valence-corrected chi connectivity index (χ0v) is 12.8. The quantitative estimate of drug-likeness (QED) is 0.915. The third-order valence-electron chi connectivity index (χ3n) is 4.47. The zero-order valence-electron chi connectivity index (χ0n) is 12.8. The monoisotopic (exact) mass is 275 g/mol. The highest BCUT2D eigenvalue weighted by atomic mass is 16.4. The van der Waals surface area contributed by atoms with Gasteiger partial charge in [-0.15, -0.1) is 0 Å². The fourth-order valence-electron chi connectivity index (χ4n) is 3.39. The van der Waals surface area contributed by atoms with E-state index in [-0.39, 0.29) is 0 Å². The van der Waals surface area contributed by atoms with E-state index in [2.05, 4.69) is 36.9 Å². The Kier molecular flexibility index (Phi) is 4.48. The average molecular weight is 275 g/mol. The van der Waals surface area contributed by atoms with Gasteiger partial charge in [0.2, 0.25) is 0 Å². The largest absolute Gasteiger partial charge is 0.481 e. The molecule has 1 N–H and O–H groups in total. The molecule has 0 radical (unpaired) electrons. The summed E-state index contributed by atoms with van der Waals surface area (Å²) < 4.78 is 0. The predicted molar refractivity (Wildman–Crippen MR) is 80.8 cm³/mol. The fraction of sp³-hybridized carbons (Fsp3) is 0.588. The maximum atomic E-state index is 11.6. The van der Waals surface area contributed by atoms with Gasteiger partial charge in [-0.25, -0.2) is 0 Å². The third kappa shape index (κ3) is 3.21. The SMILES string of the molecule is CCC1(C(=O)O)CCCN(Cc2cc(C)cc(C)c2)C1. The van der Waals surface area contributed by atoms with Crippen LogP contribution in [0.25, 0.3) is 0 Å². The Bertz CT molecular complexity index is 478. The van der Waals surface area contributed by atoms with Crippen molar-refractivity contribution in [1.82, 2.24) is 4.90 Å². The molecule has 0 amide bonds. The van der Waals surface area contributed by atoms with Crippen molar-refractivity contribution in [2.75, 3.05) is 13.1 Å². The lowest BCUT2D eigenvalue weighted by Gasteiger charge is -2.39. The number of aryl methyl sites for hydroxylation is 2. The highest BCUT2D eigenvalue weighted by molar-refractivity contribution is 5.75. The molecular formula is C17H25NO2. The standard InChI is InChI=1S/C17H25NO2/c1-4-17(16(19)20)6-5-7-18(12-17)11-15-9-13(2)8-14(3)10-15/h8-10H,4-7,11-12H2,1-3H3,(H,19,20). The van der Waals surface area contributed by atoms with Crippen molar-refractivity contribution in [3.8, 4) is 0 Å². The van der Waals surface area contributed by atoms with Crippen LogP contribution in [0.3, 0.4) is 0 Å². The van der Waals surface area contributed by atoms with Gasteiger partial charge in [0.15, 0.2) is 0 Å². The summed E-state index contributed by atoms with van der Waals surface area (Å²) in [6.07, 6.45) is 2.50. The van der Waals surface area contributed by atoms with Gasteiger partial charge in [0.05, 0.1) is 5.41 Å². The Labute approximate surface area is 121 Å². The molecular weight excluding hydrogens is 250 g/mol. The number of carboxylic acids is 1. The fourth-order valence-corrected chi connectivity index (χ4v) is 3.39. The van der Waals surface area contributed by atoms with Crippen LogP contribution >= 0.6 is 0 Å². The number of benzene rings is 1. The van der Waals surface area contributed by atoms with Crippen LogP contribution in [0.4, 0.5) is 0 Å². The van der Waals surface area contributed by atoms with E-state index in [0.29, 0.717) is 13.0 Å². The van der Waals surface area contributed by atoms with E-state index >= 15 is 0 Å². The smallest absolute Gasteiger partial charge is 0.310 e. The van der Waals surface area contributed by atoms with Crippen LogP contribution in [0, 0.1) is 19.3 Å². The molecule has 1 aromatic carbocycles. The summed E-state index contributed by atoms with van der Waals surface area (Å²) in [4.78, 5) is 13.9. The lowest BCUT2D eigenvalue weighted by atomic mass is 9.77. The van der Waals surface area contributed by atoms with Crippen molar-refractivity contribution >= 4 is 5.97 Å². The first-order valence-corrected chi connectivity index (χ1v) is 7.48. The molecule has 1 aliphatic rings. The zero-order chi connectivity index (χ0) is 14.8. The number of piperidine rings is 1. The third-order valence-corrected chi connectivity index (χ3v) is 4.47. The molecule has 110 valence electrons. The van der Waals surface area contributed by atoms with Crippen molar-refractivity contribution in [3.05, 3.63) is 34.9 Å². The van der Waals surface area contributed by atoms with E-state index in [1.165, 1.54) is 16.7 Å². The molecule has 3 nitrogen and oxygen atoms in total. The summed E-state index contributed by atoms with van der Waals surface area (Å²) in [6.45, 7) is 8.75. The summed E-state index contributed by atoms with van der Waals surface area (Å²) in [7, 11) is 0. The first-order valence-electron chi connectivity index (χ1n) is 7.48. The van der Waals surface area contributed by atoms with Crippen LogP contribution in [-0.4, -0.2) is 29.1 Å². The number of rotatable bonds is 4. The van der Waals surface area contributed by atoms with Gasteiger partial charge in [-0.3, -0.25) is 9.69 Å². The molecule has 1 atom stereocenters. The van der Waals surface area contributed by atoms with E-state index in [4.69, 9.17) is 0 Å². The van der Waals surface area contributed by atoms with Crippen molar-refractivity contribution in [1.29, 1.82) is 0 Å². The molecule has 3 heteroatoms. The van der Waals surface area contributed by atoms with E-state index in [1.807, 2.05) is 6.92 Å². The topological polar surface area (TPSA) is 40.5 Å². The molecule has 0 aliphatic carbocycles. The van der Waals surface area contributed by atoms with Gasteiger partial charge < -0.3 is 5.11 Å². The van der Waals surface area contributed by atoms with Gasteiger partial charge in [-0.2, -0.15) is 0 Å². The molecule has 1 unspecified atom stereocenters. The highest BCUT2D eigenvalue weighted by Crippen LogP contribution is 2.34. The maximum Gasteiger partial charge on any atom is 0.310 e. The van der Waals surface area contributed by atoms with Crippen LogP contribution in [0.1, 0.15) is 42.9 Å². The first kappa shape index (κ1) is 15.0. The Morgan fingerprint density at radius 1 is 1.30 bits per heavy atom. The van der Waals surface area contributed by atoms with Crippen LogP contribution in [-0.2, 0) is 11.3 Å². The van der Waals surface area contributed by atoms with Crippen LogP contribution in [0.5, 0.6) is 0 Å². The van der Waals surface area contributed by atoms with Gasteiger partial charge in [-0.1, -0.05) is 36.2 Å². The van der Waals surface area contributed by atoms with Gasteiger partial charge in [0, 0.05) is 13.1 Å². The highest BCUT2D eigenvalue weighted by Gasteiger charge is 2.40. The molecule has 0 aromatic heterocycles. The summed E-state index contributed by atoms with van der Waals surface area (Å²) in [5, 5.41) is 9.53. The van der Waals surface area contributed by atoms with Crippen molar-refractivity contribution in [3.63, 3.8) is 0 Å². The Hall–Kier alpha value is -1.35. The number of hydrogen-bond donors (Lipinski definition) is 1. The number of nitrogens with zero attached hydrogens (tertiary/aromatic N) is 1. The average Bonchev–Trinajstić information content (AvgIpc) is 2.37. The molecule has 1 heterocycles. The minimum Gasteiger partial charge on any atom is -0.481 e. The molecule has 20 heavy (non-hydrogen) atoms. The van der Waals surface area contributed by atoms with Gasteiger partial charge in [-0.05, 0) is 45.2 Å². The normalized spacial score (nSPS) is 23.8. The van der Waals surface area contributed by atoms with Gasteiger partial charge in [0.25, 0.3) is 0 Å². The lowest BCUT2D eigenvalue weighted by molar-refractivity contribution is -0.153. The van der Waals surface area contributed by atoms with Gasteiger partial charge >= 0.3 is 5.97 Å². The number of carbonyl (C=O) groups is 1. The van der Waals surface area contributed by atoms with Gasteiger partial charge in [0.1, 0.15) is 0 Å². The first-order chi connectivity index (χ1) is 9.45. The number of carboxylic acid groups (broad SMARTS) is 1. The molecule has 2 rings (SSSR count). The second-order valence-electron chi connectivity index (χ2n) is 6.25. The van der Waals surface area contributed by atoms with E-state index in [9.17, 15) is 9.90 Å². The minimum absolute atomic E-state index is 0.545. The molecule has 1 fully saturated rings. The molecule has 0 spiro atoms. The number of hydrogen-bond acceptors (Lipinski definition) is 2. The predicted octanol–water partition coefficient (Wildman–Crippen LogP) is 3.38. The molecule has 0 bridgehead atoms. The van der Waals surface area contributed by atoms with E-state index in [0.717, 1.165) is 25.9 Å². The van der Waals surface area contributed by atoms with Crippen molar-refractivity contribution in [2.24, 2.45) is 5.41 Å². The summed E-state index contributed by atoms with van der Waals surface area (Å²) in [5.41, 5.74) is 3.30.